The van der Waals surface area contributed by atoms with Gasteiger partial charge in [0.2, 0.25) is 5.82 Å². The first-order valence-corrected chi connectivity index (χ1v) is 5.87. The highest BCUT2D eigenvalue weighted by atomic mass is 19.4. The van der Waals surface area contributed by atoms with Gasteiger partial charge < -0.3 is 0 Å². The molecule has 0 saturated carbocycles. The molecule has 0 fully saturated rings. The number of nitriles is 1. The second kappa shape index (κ2) is 4.96. The Bertz CT molecular complexity index is 648. The van der Waals surface area contributed by atoms with Crippen LogP contribution in [0.5, 0.6) is 0 Å². The van der Waals surface area contributed by atoms with E-state index >= 15 is 0 Å². The van der Waals surface area contributed by atoms with E-state index in [1.807, 2.05) is 6.07 Å². The molecule has 4 nitrogen and oxygen atoms in total. The van der Waals surface area contributed by atoms with Crippen molar-refractivity contribution in [3.63, 3.8) is 0 Å². The lowest BCUT2D eigenvalue weighted by atomic mass is 10.1. The molecular formula is C13H11F3N4. The topological polar surface area (TPSA) is 54.5 Å². The summed E-state index contributed by atoms with van der Waals surface area (Å²) in [6, 6.07) is 7.56. The van der Waals surface area contributed by atoms with Gasteiger partial charge in [-0.1, -0.05) is 0 Å². The van der Waals surface area contributed by atoms with Gasteiger partial charge >= 0.3 is 6.18 Å². The van der Waals surface area contributed by atoms with Gasteiger partial charge in [-0.15, -0.1) is 0 Å². The van der Waals surface area contributed by atoms with Gasteiger partial charge in [-0.05, 0) is 38.1 Å². The summed E-state index contributed by atoms with van der Waals surface area (Å²) in [7, 11) is 0. The van der Waals surface area contributed by atoms with Crippen LogP contribution in [0.15, 0.2) is 24.3 Å². The average Bonchev–Trinajstić information content (AvgIpc) is 2.84. The summed E-state index contributed by atoms with van der Waals surface area (Å²) in [6.45, 7) is 3.21. The minimum Gasteiger partial charge on any atom is -0.239 e. The summed E-state index contributed by atoms with van der Waals surface area (Å²) in [6.07, 6.45) is -4.55. The van der Waals surface area contributed by atoms with Crippen LogP contribution in [0.4, 0.5) is 13.2 Å². The van der Waals surface area contributed by atoms with Gasteiger partial charge in [-0.25, -0.2) is 9.67 Å². The summed E-state index contributed by atoms with van der Waals surface area (Å²) < 4.78 is 39.5. The van der Waals surface area contributed by atoms with Gasteiger partial charge in [-0.3, -0.25) is 0 Å². The van der Waals surface area contributed by atoms with E-state index < -0.39 is 18.0 Å². The summed E-state index contributed by atoms with van der Waals surface area (Å²) in [4.78, 5) is 3.57. The fraction of sp³-hybridized carbons (Fsp3) is 0.308. The van der Waals surface area contributed by atoms with Crippen LogP contribution >= 0.6 is 0 Å². The molecule has 0 unspecified atom stereocenters. The molecule has 1 aromatic carbocycles. The summed E-state index contributed by atoms with van der Waals surface area (Å²) in [5, 5.41) is 12.6. The number of halogens is 3. The van der Waals surface area contributed by atoms with Gasteiger partial charge in [-0.2, -0.15) is 23.5 Å². The Labute approximate surface area is 113 Å². The molecule has 104 valence electrons. The first-order valence-electron chi connectivity index (χ1n) is 5.87. The standard InChI is InChI=1S/C13H11F3N4/c1-8(2)20-12(13(14,15)16)18-11(19-20)10-5-3-9(7-17)4-6-10/h3-6,8H,1-2H3. The smallest absolute Gasteiger partial charge is 0.239 e. The maximum Gasteiger partial charge on any atom is 0.451 e. The van der Waals surface area contributed by atoms with E-state index in [2.05, 4.69) is 10.1 Å². The number of rotatable bonds is 2. The zero-order chi connectivity index (χ0) is 14.9. The predicted molar refractivity (Wildman–Crippen MR) is 65.6 cm³/mol. The average molecular weight is 280 g/mol. The van der Waals surface area contributed by atoms with Crippen molar-refractivity contribution in [3.8, 4) is 17.5 Å². The van der Waals surface area contributed by atoms with E-state index in [1.165, 1.54) is 24.3 Å². The number of alkyl halides is 3. The molecule has 1 aromatic heterocycles. The van der Waals surface area contributed by atoms with Gasteiger partial charge in [0, 0.05) is 11.6 Å². The maximum atomic E-state index is 12.9. The number of hydrogen-bond donors (Lipinski definition) is 0. The van der Waals surface area contributed by atoms with Crippen molar-refractivity contribution in [1.29, 1.82) is 5.26 Å². The Morgan fingerprint density at radius 2 is 1.80 bits per heavy atom. The molecule has 0 saturated heterocycles. The van der Waals surface area contributed by atoms with Crippen molar-refractivity contribution in [1.82, 2.24) is 14.8 Å². The van der Waals surface area contributed by atoms with Gasteiger partial charge in [0.25, 0.3) is 0 Å². The molecule has 0 aliphatic rings. The van der Waals surface area contributed by atoms with E-state index in [4.69, 9.17) is 5.26 Å². The van der Waals surface area contributed by atoms with Gasteiger partial charge in [0.1, 0.15) is 0 Å². The molecule has 0 radical (unpaired) electrons. The molecule has 2 aromatic rings. The Kier molecular flexibility index (Phi) is 3.49. The molecule has 0 atom stereocenters. The van der Waals surface area contributed by atoms with Crippen LogP contribution in [-0.4, -0.2) is 14.8 Å². The molecule has 1 heterocycles. The fourth-order valence-electron chi connectivity index (χ4n) is 1.69. The van der Waals surface area contributed by atoms with Crippen molar-refractivity contribution in [2.24, 2.45) is 0 Å². The third-order valence-electron chi connectivity index (χ3n) is 2.65. The lowest BCUT2D eigenvalue weighted by Crippen LogP contribution is -2.17. The lowest BCUT2D eigenvalue weighted by molar-refractivity contribution is -0.148. The van der Waals surface area contributed by atoms with Crippen molar-refractivity contribution >= 4 is 0 Å². The highest BCUT2D eigenvalue weighted by molar-refractivity contribution is 5.56. The number of nitrogens with zero attached hydrogens (tertiary/aromatic N) is 4. The zero-order valence-corrected chi connectivity index (χ0v) is 10.8. The molecule has 0 N–H and O–H groups in total. The summed E-state index contributed by atoms with van der Waals surface area (Å²) >= 11 is 0. The lowest BCUT2D eigenvalue weighted by Gasteiger charge is -2.10. The van der Waals surface area contributed by atoms with E-state index in [0.29, 0.717) is 11.1 Å². The Morgan fingerprint density at radius 3 is 2.20 bits per heavy atom. The van der Waals surface area contributed by atoms with Crippen LogP contribution in [0.1, 0.15) is 31.3 Å². The maximum absolute atomic E-state index is 12.9. The fourth-order valence-corrected chi connectivity index (χ4v) is 1.69. The summed E-state index contributed by atoms with van der Waals surface area (Å²) in [5.41, 5.74) is 0.863. The Morgan fingerprint density at radius 1 is 1.20 bits per heavy atom. The second-order valence-electron chi connectivity index (χ2n) is 4.48. The van der Waals surface area contributed by atoms with Crippen LogP contribution in [0.25, 0.3) is 11.4 Å². The van der Waals surface area contributed by atoms with E-state index in [9.17, 15) is 13.2 Å². The SMILES string of the molecule is CC(C)n1nc(-c2ccc(C#N)cc2)nc1C(F)(F)F. The van der Waals surface area contributed by atoms with Crippen molar-refractivity contribution in [2.45, 2.75) is 26.1 Å². The first-order chi connectivity index (χ1) is 9.32. The number of benzene rings is 1. The van der Waals surface area contributed by atoms with Crippen LogP contribution in [-0.2, 0) is 6.18 Å². The molecule has 0 aliphatic carbocycles. The molecule has 0 aliphatic heterocycles. The van der Waals surface area contributed by atoms with E-state index in [-0.39, 0.29) is 5.82 Å². The second-order valence-corrected chi connectivity index (χ2v) is 4.48. The van der Waals surface area contributed by atoms with E-state index in [0.717, 1.165) is 4.68 Å². The van der Waals surface area contributed by atoms with Crippen molar-refractivity contribution < 1.29 is 13.2 Å². The highest BCUT2D eigenvalue weighted by Crippen LogP contribution is 2.31. The van der Waals surface area contributed by atoms with Crippen LogP contribution in [0.3, 0.4) is 0 Å². The van der Waals surface area contributed by atoms with Crippen LogP contribution < -0.4 is 0 Å². The number of aromatic nitrogens is 3. The van der Waals surface area contributed by atoms with Gasteiger partial charge in [0.05, 0.1) is 11.6 Å². The van der Waals surface area contributed by atoms with Crippen molar-refractivity contribution in [3.05, 3.63) is 35.7 Å². The van der Waals surface area contributed by atoms with E-state index in [1.54, 1.807) is 13.8 Å². The molecule has 0 amide bonds. The third kappa shape index (κ3) is 2.64. The third-order valence-corrected chi connectivity index (χ3v) is 2.65. The minimum absolute atomic E-state index is 0.00415. The Hall–Kier alpha value is -2.36. The highest BCUT2D eigenvalue weighted by Gasteiger charge is 2.38. The molecule has 2 rings (SSSR count). The first kappa shape index (κ1) is 14.1. The quantitative estimate of drug-likeness (QED) is 0.847. The predicted octanol–water partition coefficient (Wildman–Crippen LogP) is 3.42. The molecule has 0 bridgehead atoms. The zero-order valence-electron chi connectivity index (χ0n) is 10.8. The molecule has 0 spiro atoms. The molecule has 20 heavy (non-hydrogen) atoms. The molecule has 7 heteroatoms. The number of hydrogen-bond acceptors (Lipinski definition) is 3. The molecular weight excluding hydrogens is 269 g/mol. The monoisotopic (exact) mass is 280 g/mol. The minimum atomic E-state index is -4.55. The normalized spacial score (nSPS) is 11.7. The van der Waals surface area contributed by atoms with Crippen LogP contribution in [0, 0.1) is 11.3 Å². The van der Waals surface area contributed by atoms with Crippen LogP contribution in [0.2, 0.25) is 0 Å². The van der Waals surface area contributed by atoms with Gasteiger partial charge in [0.15, 0.2) is 5.82 Å². The van der Waals surface area contributed by atoms with Crippen molar-refractivity contribution in [2.75, 3.05) is 0 Å². The Balaban J connectivity index is 2.50. The summed E-state index contributed by atoms with van der Waals surface area (Å²) in [5.74, 6) is -1.03. The largest absolute Gasteiger partial charge is 0.451 e.